The van der Waals surface area contributed by atoms with E-state index in [1.54, 1.807) is 29.0 Å². The molecule has 0 fully saturated rings. The normalized spacial score (nSPS) is 10.7. The number of fused-ring (bicyclic) bond motifs is 1. The molecule has 0 atom stereocenters. The number of non-ortho nitro benzene ring substituents is 1. The van der Waals surface area contributed by atoms with Crippen LogP contribution in [0.25, 0.3) is 10.9 Å². The first-order valence-corrected chi connectivity index (χ1v) is 5.36. The number of rotatable bonds is 5. The molecule has 1 aromatic heterocycles. The molecule has 0 saturated heterocycles. The Kier molecular flexibility index (Phi) is 3.38. The Morgan fingerprint density at radius 2 is 2.22 bits per heavy atom. The molecule has 1 aromatic carbocycles. The number of carbonyl (C=O) groups is 1. The van der Waals surface area contributed by atoms with Crippen molar-refractivity contribution in [3.05, 3.63) is 40.6 Å². The molecule has 18 heavy (non-hydrogen) atoms. The minimum Gasteiger partial charge on any atom is -0.377 e. The molecule has 6 heteroatoms. The summed E-state index contributed by atoms with van der Waals surface area (Å²) in [4.78, 5) is 22.0. The first-order chi connectivity index (χ1) is 8.63. The van der Waals surface area contributed by atoms with Crippen LogP contribution in [0.2, 0.25) is 0 Å². The van der Waals surface area contributed by atoms with Gasteiger partial charge in [-0.05, 0) is 6.07 Å². The highest BCUT2D eigenvalue weighted by atomic mass is 16.6. The molecule has 1 heterocycles. The van der Waals surface area contributed by atoms with Gasteiger partial charge in [-0.3, -0.25) is 14.9 Å². The van der Waals surface area contributed by atoms with Crippen molar-refractivity contribution in [1.29, 1.82) is 0 Å². The Balaban J connectivity index is 2.45. The van der Waals surface area contributed by atoms with Gasteiger partial charge in [0.2, 0.25) is 0 Å². The zero-order chi connectivity index (χ0) is 13.1. The molecule has 0 N–H and O–H groups in total. The van der Waals surface area contributed by atoms with Crippen LogP contribution in [0.1, 0.15) is 0 Å². The molecule has 2 rings (SSSR count). The Morgan fingerprint density at radius 1 is 1.44 bits per heavy atom. The molecule has 0 unspecified atom stereocenters. The number of nitro benzene ring substituents is 1. The molecule has 2 aromatic rings. The Hall–Kier alpha value is -2.21. The predicted molar refractivity (Wildman–Crippen MR) is 65.5 cm³/mol. The van der Waals surface area contributed by atoms with Gasteiger partial charge in [0.1, 0.15) is 12.1 Å². The van der Waals surface area contributed by atoms with Crippen molar-refractivity contribution in [3.63, 3.8) is 0 Å². The van der Waals surface area contributed by atoms with E-state index in [2.05, 4.69) is 0 Å². The van der Waals surface area contributed by atoms with E-state index in [-0.39, 0.29) is 24.6 Å². The quantitative estimate of drug-likeness (QED) is 0.597. The van der Waals surface area contributed by atoms with Crippen LogP contribution < -0.4 is 0 Å². The Morgan fingerprint density at radius 3 is 2.89 bits per heavy atom. The van der Waals surface area contributed by atoms with Crippen LogP contribution in [0.4, 0.5) is 5.69 Å². The number of para-hydroxylation sites is 1. The van der Waals surface area contributed by atoms with Gasteiger partial charge in [-0.25, -0.2) is 0 Å². The highest BCUT2D eigenvalue weighted by molar-refractivity contribution is 5.90. The van der Waals surface area contributed by atoms with Crippen molar-refractivity contribution in [2.24, 2.45) is 0 Å². The molecular formula is C12H12N2O4. The van der Waals surface area contributed by atoms with Crippen LogP contribution in [0.15, 0.2) is 30.5 Å². The van der Waals surface area contributed by atoms with Crippen molar-refractivity contribution in [2.45, 2.75) is 6.54 Å². The monoisotopic (exact) mass is 248 g/mol. The average molecular weight is 248 g/mol. The van der Waals surface area contributed by atoms with Gasteiger partial charge >= 0.3 is 0 Å². The van der Waals surface area contributed by atoms with Crippen LogP contribution in [-0.4, -0.2) is 29.0 Å². The summed E-state index contributed by atoms with van der Waals surface area (Å²) in [5.41, 5.74) is 0.467. The summed E-state index contributed by atoms with van der Waals surface area (Å²) in [5, 5.41) is 11.7. The summed E-state index contributed by atoms with van der Waals surface area (Å²) in [5.74, 6) is -0.131. The van der Waals surface area contributed by atoms with Gasteiger partial charge in [0, 0.05) is 24.8 Å². The molecule has 0 spiro atoms. The lowest BCUT2D eigenvalue weighted by Crippen LogP contribution is -2.14. The van der Waals surface area contributed by atoms with Crippen LogP contribution in [0, 0.1) is 10.1 Å². The van der Waals surface area contributed by atoms with Gasteiger partial charge in [-0.2, -0.15) is 0 Å². The van der Waals surface area contributed by atoms with E-state index in [1.165, 1.54) is 13.2 Å². The van der Waals surface area contributed by atoms with Crippen molar-refractivity contribution in [3.8, 4) is 0 Å². The molecule has 6 nitrogen and oxygen atoms in total. The molecule has 0 bridgehead atoms. The summed E-state index contributed by atoms with van der Waals surface area (Å²) in [6.07, 6.45) is 1.67. The summed E-state index contributed by atoms with van der Waals surface area (Å²) in [6, 6.07) is 6.59. The Bertz CT molecular complexity index is 603. The molecule has 0 aliphatic heterocycles. The number of aromatic nitrogens is 1. The van der Waals surface area contributed by atoms with Crippen LogP contribution in [0.5, 0.6) is 0 Å². The third kappa shape index (κ3) is 2.23. The van der Waals surface area contributed by atoms with Gasteiger partial charge in [-0.1, -0.05) is 12.1 Å². The second-order valence-electron chi connectivity index (χ2n) is 3.89. The maximum atomic E-state index is 11.5. The standard InChI is InChI=1S/C12H12N2O4/c1-18-8-10(15)7-13-6-5-9-3-2-4-11(12(9)13)14(16)17/h2-6H,7-8H2,1H3. The van der Waals surface area contributed by atoms with Gasteiger partial charge in [-0.15, -0.1) is 0 Å². The third-order valence-corrected chi connectivity index (χ3v) is 2.62. The number of nitro groups is 1. The number of hydrogen-bond acceptors (Lipinski definition) is 4. The number of ketones is 1. The predicted octanol–water partition coefficient (Wildman–Crippen LogP) is 1.77. The number of methoxy groups -OCH3 is 1. The molecule has 0 saturated carbocycles. The van der Waals surface area contributed by atoms with Gasteiger partial charge in [0.25, 0.3) is 5.69 Å². The van der Waals surface area contributed by atoms with E-state index in [1.807, 2.05) is 0 Å². The summed E-state index contributed by atoms with van der Waals surface area (Å²) < 4.78 is 6.32. The van der Waals surface area contributed by atoms with E-state index in [4.69, 9.17) is 4.74 Å². The fourth-order valence-electron chi connectivity index (χ4n) is 1.92. The molecule has 0 aliphatic carbocycles. The number of Topliss-reactive ketones (excluding diaryl/α,β-unsaturated/α-hetero) is 1. The lowest BCUT2D eigenvalue weighted by molar-refractivity contribution is -0.383. The van der Waals surface area contributed by atoms with Crippen molar-refractivity contribution in [1.82, 2.24) is 4.57 Å². The van der Waals surface area contributed by atoms with Gasteiger partial charge in [0.05, 0.1) is 11.5 Å². The van der Waals surface area contributed by atoms with Gasteiger partial charge in [0.15, 0.2) is 5.78 Å². The van der Waals surface area contributed by atoms with Crippen LogP contribution >= 0.6 is 0 Å². The zero-order valence-corrected chi connectivity index (χ0v) is 9.83. The zero-order valence-electron chi connectivity index (χ0n) is 9.83. The lowest BCUT2D eigenvalue weighted by Gasteiger charge is -2.04. The largest absolute Gasteiger partial charge is 0.377 e. The van der Waals surface area contributed by atoms with E-state index >= 15 is 0 Å². The maximum Gasteiger partial charge on any atom is 0.293 e. The SMILES string of the molecule is COCC(=O)Cn1ccc2cccc([N+](=O)[O-])c21. The number of ether oxygens (including phenoxy) is 1. The Labute approximate surface area is 103 Å². The first kappa shape index (κ1) is 12.3. The smallest absolute Gasteiger partial charge is 0.293 e. The molecule has 0 radical (unpaired) electrons. The molecule has 0 aliphatic rings. The van der Waals surface area contributed by atoms with E-state index < -0.39 is 4.92 Å². The van der Waals surface area contributed by atoms with Crippen molar-refractivity contribution in [2.75, 3.05) is 13.7 Å². The third-order valence-electron chi connectivity index (χ3n) is 2.62. The summed E-state index contributed by atoms with van der Waals surface area (Å²) >= 11 is 0. The molecule has 0 amide bonds. The number of nitrogens with zero attached hydrogens (tertiary/aromatic N) is 2. The fourth-order valence-corrected chi connectivity index (χ4v) is 1.92. The molecule has 94 valence electrons. The minimum atomic E-state index is -0.445. The van der Waals surface area contributed by atoms with Crippen LogP contribution in [0.3, 0.4) is 0 Å². The summed E-state index contributed by atoms with van der Waals surface area (Å²) in [7, 11) is 1.44. The van der Waals surface area contributed by atoms with E-state index in [9.17, 15) is 14.9 Å². The number of carbonyl (C=O) groups excluding carboxylic acids is 1. The topological polar surface area (TPSA) is 74.4 Å². The second-order valence-corrected chi connectivity index (χ2v) is 3.89. The highest BCUT2D eigenvalue weighted by Crippen LogP contribution is 2.26. The van der Waals surface area contributed by atoms with Gasteiger partial charge < -0.3 is 9.30 Å². The average Bonchev–Trinajstić information content (AvgIpc) is 2.72. The van der Waals surface area contributed by atoms with Crippen molar-refractivity contribution < 1.29 is 14.5 Å². The second kappa shape index (κ2) is 4.97. The maximum absolute atomic E-state index is 11.5. The first-order valence-electron chi connectivity index (χ1n) is 5.36. The van der Waals surface area contributed by atoms with Crippen molar-refractivity contribution >= 4 is 22.4 Å². The fraction of sp³-hybridized carbons (Fsp3) is 0.250. The highest BCUT2D eigenvalue weighted by Gasteiger charge is 2.16. The van der Waals surface area contributed by atoms with E-state index in [0.717, 1.165) is 5.39 Å². The lowest BCUT2D eigenvalue weighted by atomic mass is 10.2. The van der Waals surface area contributed by atoms with E-state index in [0.29, 0.717) is 5.52 Å². The minimum absolute atomic E-state index is 0.000302. The molecular weight excluding hydrogens is 236 g/mol. The van der Waals surface area contributed by atoms with Crippen LogP contribution in [-0.2, 0) is 16.1 Å². The summed E-state index contributed by atoms with van der Waals surface area (Å²) in [6.45, 7) is 0.0719. The number of benzene rings is 1. The number of hydrogen-bond donors (Lipinski definition) is 0.